The van der Waals surface area contributed by atoms with Crippen LogP contribution in [0.4, 0.5) is 0 Å². The fourth-order valence-electron chi connectivity index (χ4n) is 2.31. The van der Waals surface area contributed by atoms with Gasteiger partial charge in [-0.2, -0.15) is 0 Å². The molecular formula is C20H17O. The van der Waals surface area contributed by atoms with Crippen molar-refractivity contribution in [1.29, 1.82) is 0 Å². The van der Waals surface area contributed by atoms with Gasteiger partial charge in [0.1, 0.15) is 11.5 Å². The number of ether oxygens (including phenoxy) is 1. The van der Waals surface area contributed by atoms with Crippen molar-refractivity contribution in [3.63, 3.8) is 0 Å². The van der Waals surface area contributed by atoms with Crippen LogP contribution in [0, 0.1) is 19.9 Å². The zero-order valence-corrected chi connectivity index (χ0v) is 12.3. The van der Waals surface area contributed by atoms with E-state index >= 15 is 0 Å². The van der Waals surface area contributed by atoms with Gasteiger partial charge in [-0.1, -0.05) is 42.5 Å². The standard InChI is InChI=1S/C20H17O/c1-15-7-6-10-20(16(15)2)17-11-13-19(14-12-17)21-18-8-4-3-5-9-18/h3-11,13-14H,1-2H3. The minimum atomic E-state index is 0.801. The molecule has 0 N–H and O–H groups in total. The first kappa shape index (κ1) is 13.4. The van der Waals surface area contributed by atoms with Crippen LogP contribution in [-0.4, -0.2) is 0 Å². The van der Waals surface area contributed by atoms with E-state index in [1.54, 1.807) is 0 Å². The average Bonchev–Trinajstić information content (AvgIpc) is 2.52. The van der Waals surface area contributed by atoms with E-state index in [1.165, 1.54) is 16.7 Å². The number of aryl methyl sites for hydroxylation is 1. The summed E-state index contributed by atoms with van der Waals surface area (Å²) in [7, 11) is 0. The molecule has 0 fully saturated rings. The number of hydrogen-bond acceptors (Lipinski definition) is 1. The van der Waals surface area contributed by atoms with Crippen molar-refractivity contribution in [2.24, 2.45) is 0 Å². The van der Waals surface area contributed by atoms with Gasteiger partial charge in [-0.15, -0.1) is 0 Å². The van der Waals surface area contributed by atoms with Gasteiger partial charge in [0.15, 0.2) is 0 Å². The number of para-hydroxylation sites is 1. The van der Waals surface area contributed by atoms with Crippen molar-refractivity contribution >= 4 is 0 Å². The Balaban J connectivity index is 1.86. The molecule has 0 saturated heterocycles. The largest absolute Gasteiger partial charge is 0.457 e. The van der Waals surface area contributed by atoms with E-state index in [0.717, 1.165) is 17.1 Å². The fraction of sp³-hybridized carbons (Fsp3) is 0.100. The van der Waals surface area contributed by atoms with Gasteiger partial charge in [-0.25, -0.2) is 0 Å². The van der Waals surface area contributed by atoms with Crippen LogP contribution in [-0.2, 0) is 0 Å². The number of benzene rings is 3. The molecule has 3 rings (SSSR count). The molecule has 1 nitrogen and oxygen atoms in total. The van der Waals surface area contributed by atoms with Crippen molar-refractivity contribution in [3.8, 4) is 22.6 Å². The van der Waals surface area contributed by atoms with Gasteiger partial charge in [-0.3, -0.25) is 0 Å². The lowest BCUT2D eigenvalue weighted by Crippen LogP contribution is -1.88. The average molecular weight is 273 g/mol. The maximum Gasteiger partial charge on any atom is 0.128 e. The third-order valence-corrected chi connectivity index (χ3v) is 3.66. The number of rotatable bonds is 3. The van der Waals surface area contributed by atoms with Crippen LogP contribution >= 0.6 is 0 Å². The van der Waals surface area contributed by atoms with Crippen molar-refractivity contribution in [1.82, 2.24) is 0 Å². The van der Waals surface area contributed by atoms with Crippen molar-refractivity contribution in [2.45, 2.75) is 13.8 Å². The van der Waals surface area contributed by atoms with Gasteiger partial charge in [0.25, 0.3) is 0 Å². The minimum Gasteiger partial charge on any atom is -0.457 e. The fourth-order valence-corrected chi connectivity index (χ4v) is 2.31. The van der Waals surface area contributed by atoms with Crippen LogP contribution < -0.4 is 4.74 Å². The highest BCUT2D eigenvalue weighted by molar-refractivity contribution is 5.68. The summed E-state index contributed by atoms with van der Waals surface area (Å²) in [5.41, 5.74) is 4.91. The van der Waals surface area contributed by atoms with Crippen molar-refractivity contribution < 1.29 is 4.74 Å². The highest BCUT2D eigenvalue weighted by atomic mass is 16.5. The SMILES string of the molecule is Cc1cccc(-c2[c]cc(Oc3ccccc3)cc2)c1C. The molecule has 0 aliphatic carbocycles. The molecule has 0 unspecified atom stereocenters. The van der Waals surface area contributed by atoms with Crippen LogP contribution in [0.1, 0.15) is 11.1 Å². The molecule has 0 aliphatic heterocycles. The first-order chi connectivity index (χ1) is 10.2. The summed E-state index contributed by atoms with van der Waals surface area (Å²) in [6.07, 6.45) is 0. The molecule has 0 aromatic heterocycles. The van der Waals surface area contributed by atoms with Crippen molar-refractivity contribution in [2.75, 3.05) is 0 Å². The second kappa shape index (κ2) is 5.84. The first-order valence-electron chi connectivity index (χ1n) is 7.05. The molecule has 103 valence electrons. The molecule has 3 aromatic carbocycles. The Morgan fingerprint density at radius 1 is 0.762 bits per heavy atom. The first-order valence-corrected chi connectivity index (χ1v) is 7.05. The van der Waals surface area contributed by atoms with E-state index in [1.807, 2.05) is 42.5 Å². The zero-order chi connectivity index (χ0) is 14.7. The van der Waals surface area contributed by atoms with Gasteiger partial charge < -0.3 is 4.74 Å². The normalized spacial score (nSPS) is 10.4. The Bertz CT molecular complexity index is 728. The molecule has 0 spiro atoms. The summed E-state index contributed by atoms with van der Waals surface area (Å²) in [5.74, 6) is 1.64. The van der Waals surface area contributed by atoms with Crippen LogP contribution in [0.2, 0.25) is 0 Å². The Hall–Kier alpha value is -2.54. The summed E-state index contributed by atoms with van der Waals surface area (Å²) >= 11 is 0. The molecule has 3 aromatic rings. The Labute approximate surface area is 125 Å². The molecule has 0 aliphatic rings. The molecular weight excluding hydrogens is 256 g/mol. The summed E-state index contributed by atoms with van der Waals surface area (Å²) in [6.45, 7) is 4.28. The Morgan fingerprint density at radius 2 is 1.57 bits per heavy atom. The van der Waals surface area contributed by atoms with Crippen LogP contribution in [0.3, 0.4) is 0 Å². The molecule has 0 saturated carbocycles. The third kappa shape index (κ3) is 2.97. The van der Waals surface area contributed by atoms with E-state index < -0.39 is 0 Å². The molecule has 21 heavy (non-hydrogen) atoms. The quantitative estimate of drug-likeness (QED) is 0.606. The lowest BCUT2D eigenvalue weighted by atomic mass is 9.97. The smallest absolute Gasteiger partial charge is 0.128 e. The van der Waals surface area contributed by atoms with E-state index in [9.17, 15) is 0 Å². The maximum atomic E-state index is 5.79. The van der Waals surface area contributed by atoms with Crippen LogP contribution in [0.5, 0.6) is 11.5 Å². The summed E-state index contributed by atoms with van der Waals surface area (Å²) in [5, 5.41) is 0. The highest BCUT2D eigenvalue weighted by Gasteiger charge is 2.04. The Kier molecular flexibility index (Phi) is 3.74. The van der Waals surface area contributed by atoms with Crippen molar-refractivity contribution in [3.05, 3.63) is 83.9 Å². The summed E-state index contributed by atoms with van der Waals surface area (Å²) < 4.78 is 5.79. The van der Waals surface area contributed by atoms with E-state index in [-0.39, 0.29) is 0 Å². The van der Waals surface area contributed by atoms with Gasteiger partial charge >= 0.3 is 0 Å². The lowest BCUT2D eigenvalue weighted by Gasteiger charge is -2.10. The second-order valence-corrected chi connectivity index (χ2v) is 5.10. The van der Waals surface area contributed by atoms with Gasteiger partial charge in [0.2, 0.25) is 0 Å². The summed E-state index contributed by atoms with van der Waals surface area (Å²) in [6, 6.07) is 25.4. The van der Waals surface area contributed by atoms with Gasteiger partial charge in [0.05, 0.1) is 0 Å². The maximum absolute atomic E-state index is 5.79. The topological polar surface area (TPSA) is 9.23 Å². The molecule has 0 heterocycles. The minimum absolute atomic E-state index is 0.801. The zero-order valence-electron chi connectivity index (χ0n) is 12.3. The highest BCUT2D eigenvalue weighted by Crippen LogP contribution is 2.28. The third-order valence-electron chi connectivity index (χ3n) is 3.66. The monoisotopic (exact) mass is 273 g/mol. The Morgan fingerprint density at radius 3 is 2.29 bits per heavy atom. The van der Waals surface area contributed by atoms with E-state index in [2.05, 4.69) is 44.2 Å². The predicted molar refractivity (Wildman–Crippen MR) is 86.7 cm³/mol. The molecule has 1 radical (unpaired) electrons. The van der Waals surface area contributed by atoms with Crippen LogP contribution in [0.25, 0.3) is 11.1 Å². The molecule has 1 heteroatoms. The lowest BCUT2D eigenvalue weighted by molar-refractivity contribution is 0.482. The molecule has 0 amide bonds. The van der Waals surface area contributed by atoms with Crippen LogP contribution in [0.15, 0.2) is 66.7 Å². The predicted octanol–water partition coefficient (Wildman–Crippen LogP) is 5.56. The summed E-state index contributed by atoms with van der Waals surface area (Å²) in [4.78, 5) is 0. The van der Waals surface area contributed by atoms with Gasteiger partial charge in [0, 0.05) is 0 Å². The van der Waals surface area contributed by atoms with E-state index in [0.29, 0.717) is 0 Å². The van der Waals surface area contributed by atoms with Gasteiger partial charge in [-0.05, 0) is 66.4 Å². The molecule has 0 bridgehead atoms. The van der Waals surface area contributed by atoms with E-state index in [4.69, 9.17) is 4.74 Å². The number of hydrogen-bond donors (Lipinski definition) is 0. The molecule has 0 atom stereocenters. The second-order valence-electron chi connectivity index (χ2n) is 5.10.